The van der Waals surface area contributed by atoms with Crippen LogP contribution in [0.25, 0.3) is 0 Å². The fourth-order valence-electron chi connectivity index (χ4n) is 3.20. The maximum atomic E-state index is 12.7. The summed E-state index contributed by atoms with van der Waals surface area (Å²) in [6.07, 6.45) is 0.662. The zero-order valence-electron chi connectivity index (χ0n) is 14.5. The highest BCUT2D eigenvalue weighted by molar-refractivity contribution is 7.89. The molecule has 1 aliphatic rings. The summed E-state index contributed by atoms with van der Waals surface area (Å²) in [6, 6.07) is 14.2. The van der Waals surface area contributed by atoms with Gasteiger partial charge >= 0.3 is 0 Å². The molecule has 1 aliphatic heterocycles. The third-order valence-electron chi connectivity index (χ3n) is 4.56. The van der Waals surface area contributed by atoms with Crippen LogP contribution in [0.1, 0.15) is 29.8 Å². The predicted molar refractivity (Wildman–Crippen MR) is 98.4 cm³/mol. The Morgan fingerprint density at radius 2 is 1.76 bits per heavy atom. The molecular weight excluding hydrogens is 336 g/mol. The number of sulfonamides is 1. The zero-order valence-corrected chi connectivity index (χ0v) is 15.3. The van der Waals surface area contributed by atoms with E-state index in [1.54, 1.807) is 35.2 Å². The molecule has 132 valence electrons. The fraction of sp³-hybridized carbons (Fsp3) is 0.316. The first kappa shape index (κ1) is 17.6. The summed E-state index contributed by atoms with van der Waals surface area (Å²) in [5.74, 6) is -0.0568. The van der Waals surface area contributed by atoms with Gasteiger partial charge in [-0.25, -0.2) is 8.42 Å². The molecule has 2 aromatic carbocycles. The Kier molecular flexibility index (Phi) is 4.92. The van der Waals surface area contributed by atoms with Crippen LogP contribution in [0.3, 0.4) is 0 Å². The van der Waals surface area contributed by atoms with Gasteiger partial charge in [-0.1, -0.05) is 32.0 Å². The monoisotopic (exact) mass is 358 g/mol. The standard InChI is InChI=1S/C19H22N2O3S/c1-3-20(4-2)25(23,24)17-10-11-18-16(14-17)12-13-21(18)19(22)15-8-6-5-7-9-15/h5-11,14H,3-4,12-13H2,1-2H3. The molecule has 0 atom stereocenters. The molecule has 2 aromatic rings. The van der Waals surface area contributed by atoms with Gasteiger partial charge < -0.3 is 4.90 Å². The van der Waals surface area contributed by atoms with Crippen LogP contribution in [0.2, 0.25) is 0 Å². The number of amides is 1. The first-order valence-electron chi connectivity index (χ1n) is 8.49. The van der Waals surface area contributed by atoms with E-state index < -0.39 is 10.0 Å². The number of hydrogen-bond donors (Lipinski definition) is 0. The quantitative estimate of drug-likeness (QED) is 0.826. The molecule has 3 rings (SSSR count). The van der Waals surface area contributed by atoms with E-state index in [9.17, 15) is 13.2 Å². The van der Waals surface area contributed by atoms with Crippen molar-refractivity contribution in [3.63, 3.8) is 0 Å². The predicted octanol–water partition coefficient (Wildman–Crippen LogP) is 2.92. The van der Waals surface area contributed by atoms with E-state index >= 15 is 0 Å². The van der Waals surface area contributed by atoms with Gasteiger partial charge in [-0.15, -0.1) is 0 Å². The molecule has 25 heavy (non-hydrogen) atoms. The van der Waals surface area contributed by atoms with Crippen molar-refractivity contribution in [3.05, 3.63) is 59.7 Å². The number of hydrogen-bond acceptors (Lipinski definition) is 3. The summed E-state index contributed by atoms with van der Waals surface area (Å²) in [5, 5.41) is 0. The van der Waals surface area contributed by atoms with Gasteiger partial charge in [0.1, 0.15) is 0 Å². The average Bonchev–Trinajstić information content (AvgIpc) is 3.06. The van der Waals surface area contributed by atoms with Crippen molar-refractivity contribution in [2.24, 2.45) is 0 Å². The van der Waals surface area contributed by atoms with E-state index in [4.69, 9.17) is 0 Å². The Morgan fingerprint density at radius 3 is 2.40 bits per heavy atom. The second-order valence-corrected chi connectivity index (χ2v) is 7.89. The van der Waals surface area contributed by atoms with E-state index in [0.29, 0.717) is 36.5 Å². The lowest BCUT2D eigenvalue weighted by Gasteiger charge is -2.20. The van der Waals surface area contributed by atoms with Gasteiger partial charge in [0, 0.05) is 30.9 Å². The van der Waals surface area contributed by atoms with Crippen LogP contribution >= 0.6 is 0 Å². The van der Waals surface area contributed by atoms with Crippen LogP contribution < -0.4 is 4.90 Å². The molecule has 0 radical (unpaired) electrons. The van der Waals surface area contributed by atoms with Crippen molar-refractivity contribution in [3.8, 4) is 0 Å². The first-order valence-corrected chi connectivity index (χ1v) is 9.93. The maximum Gasteiger partial charge on any atom is 0.258 e. The van der Waals surface area contributed by atoms with Crippen molar-refractivity contribution in [1.29, 1.82) is 0 Å². The van der Waals surface area contributed by atoms with E-state index in [-0.39, 0.29) is 5.91 Å². The maximum absolute atomic E-state index is 12.7. The Hall–Kier alpha value is -2.18. The fourth-order valence-corrected chi connectivity index (χ4v) is 4.71. The van der Waals surface area contributed by atoms with Crippen molar-refractivity contribution in [2.45, 2.75) is 25.2 Å². The van der Waals surface area contributed by atoms with Gasteiger partial charge in [-0.2, -0.15) is 4.31 Å². The van der Waals surface area contributed by atoms with Crippen LogP contribution in [0.15, 0.2) is 53.4 Å². The lowest BCUT2D eigenvalue weighted by atomic mass is 10.1. The minimum Gasteiger partial charge on any atom is -0.308 e. The Morgan fingerprint density at radius 1 is 1.08 bits per heavy atom. The van der Waals surface area contributed by atoms with Crippen LogP contribution in [0.4, 0.5) is 5.69 Å². The van der Waals surface area contributed by atoms with Crippen LogP contribution in [0, 0.1) is 0 Å². The summed E-state index contributed by atoms with van der Waals surface area (Å²) < 4.78 is 26.8. The number of fused-ring (bicyclic) bond motifs is 1. The molecule has 1 heterocycles. The molecule has 1 amide bonds. The van der Waals surface area contributed by atoms with E-state index in [1.807, 2.05) is 32.0 Å². The highest BCUT2D eigenvalue weighted by Crippen LogP contribution is 2.32. The Labute approximate surface area is 148 Å². The third kappa shape index (κ3) is 3.19. The number of benzene rings is 2. The van der Waals surface area contributed by atoms with Gasteiger partial charge in [0.25, 0.3) is 5.91 Å². The summed E-state index contributed by atoms with van der Waals surface area (Å²) in [4.78, 5) is 14.7. The van der Waals surface area contributed by atoms with Crippen molar-refractivity contribution in [1.82, 2.24) is 4.31 Å². The van der Waals surface area contributed by atoms with Gasteiger partial charge in [0.15, 0.2) is 0 Å². The Balaban J connectivity index is 1.92. The Bertz CT molecular complexity index is 875. The minimum absolute atomic E-state index is 0.0568. The largest absolute Gasteiger partial charge is 0.308 e. The van der Waals surface area contributed by atoms with E-state index in [1.165, 1.54) is 4.31 Å². The van der Waals surface area contributed by atoms with Crippen molar-refractivity contribution in [2.75, 3.05) is 24.5 Å². The third-order valence-corrected chi connectivity index (χ3v) is 6.60. The molecule has 0 saturated carbocycles. The highest BCUT2D eigenvalue weighted by atomic mass is 32.2. The normalized spacial score (nSPS) is 14.0. The van der Waals surface area contributed by atoms with Gasteiger partial charge in [-0.05, 0) is 42.3 Å². The number of carbonyl (C=O) groups excluding carboxylic acids is 1. The number of nitrogens with zero attached hydrogens (tertiary/aromatic N) is 2. The number of anilines is 1. The molecular formula is C19H22N2O3S. The second-order valence-electron chi connectivity index (χ2n) is 5.95. The summed E-state index contributed by atoms with van der Waals surface area (Å²) in [5.41, 5.74) is 2.33. The summed E-state index contributed by atoms with van der Waals surface area (Å²) >= 11 is 0. The average molecular weight is 358 g/mol. The molecule has 0 bridgehead atoms. The van der Waals surface area contributed by atoms with Gasteiger partial charge in [0.2, 0.25) is 10.0 Å². The lowest BCUT2D eigenvalue weighted by molar-refractivity contribution is 0.0989. The molecule has 0 N–H and O–H groups in total. The lowest BCUT2D eigenvalue weighted by Crippen LogP contribution is -2.30. The first-order chi connectivity index (χ1) is 12.0. The zero-order chi connectivity index (χ0) is 18.0. The van der Waals surface area contributed by atoms with Crippen LogP contribution in [-0.4, -0.2) is 38.3 Å². The molecule has 0 aliphatic carbocycles. The van der Waals surface area contributed by atoms with Crippen LogP contribution in [-0.2, 0) is 16.4 Å². The smallest absolute Gasteiger partial charge is 0.258 e. The second kappa shape index (κ2) is 6.98. The van der Waals surface area contributed by atoms with Crippen molar-refractivity contribution >= 4 is 21.6 Å². The molecule has 0 saturated heterocycles. The number of rotatable bonds is 5. The molecule has 0 aromatic heterocycles. The van der Waals surface area contributed by atoms with Crippen LogP contribution in [0.5, 0.6) is 0 Å². The topological polar surface area (TPSA) is 57.7 Å². The van der Waals surface area contributed by atoms with E-state index in [0.717, 1.165) is 11.3 Å². The molecule has 6 heteroatoms. The minimum atomic E-state index is -3.48. The summed E-state index contributed by atoms with van der Waals surface area (Å²) in [7, 11) is -3.48. The van der Waals surface area contributed by atoms with E-state index in [2.05, 4.69) is 0 Å². The van der Waals surface area contributed by atoms with Gasteiger partial charge in [0.05, 0.1) is 4.90 Å². The summed E-state index contributed by atoms with van der Waals surface area (Å²) in [6.45, 7) is 5.10. The van der Waals surface area contributed by atoms with Gasteiger partial charge in [-0.3, -0.25) is 4.79 Å². The molecule has 0 fully saturated rings. The molecule has 0 spiro atoms. The molecule has 5 nitrogen and oxygen atoms in total. The SMILES string of the molecule is CCN(CC)S(=O)(=O)c1ccc2c(c1)CCN2C(=O)c1ccccc1. The molecule has 0 unspecified atom stereocenters. The number of carbonyl (C=O) groups is 1. The highest BCUT2D eigenvalue weighted by Gasteiger charge is 2.28. The van der Waals surface area contributed by atoms with Crippen molar-refractivity contribution < 1.29 is 13.2 Å².